The van der Waals surface area contributed by atoms with Gasteiger partial charge in [-0.15, -0.1) is 0 Å². The highest BCUT2D eigenvalue weighted by atomic mass is 17.2. The van der Waals surface area contributed by atoms with Gasteiger partial charge in [-0.2, -0.15) is 0 Å². The Morgan fingerprint density at radius 1 is 1.07 bits per heavy atom. The molecule has 2 unspecified atom stereocenters. The summed E-state index contributed by atoms with van der Waals surface area (Å²) in [5.74, 6) is 0.439. The Kier molecular flexibility index (Phi) is 6.92. The van der Waals surface area contributed by atoms with Gasteiger partial charge in [-0.25, -0.2) is 9.78 Å². The van der Waals surface area contributed by atoms with E-state index in [4.69, 9.17) is 14.9 Å². The lowest BCUT2D eigenvalue weighted by Gasteiger charge is -2.20. The molecule has 0 spiro atoms. The Hall–Kier alpha value is -0.160. The van der Waals surface area contributed by atoms with Crippen LogP contribution in [0.4, 0.5) is 0 Å². The summed E-state index contributed by atoms with van der Waals surface area (Å²) in [7, 11) is 0. The second-order valence-electron chi connectivity index (χ2n) is 4.22. The van der Waals surface area contributed by atoms with Crippen LogP contribution < -0.4 is 0 Å². The van der Waals surface area contributed by atoms with Crippen LogP contribution in [-0.2, 0) is 9.78 Å². The van der Waals surface area contributed by atoms with E-state index in [9.17, 15) is 5.11 Å². The normalized spacial score (nSPS) is 27.2. The lowest BCUT2D eigenvalue weighted by molar-refractivity contribution is -0.297. The van der Waals surface area contributed by atoms with E-state index in [1.807, 2.05) is 0 Å². The molecule has 0 radical (unpaired) electrons. The maximum atomic E-state index is 9.38. The van der Waals surface area contributed by atoms with Gasteiger partial charge in [0.2, 0.25) is 0 Å². The van der Waals surface area contributed by atoms with Gasteiger partial charge in [-0.1, -0.05) is 19.3 Å². The van der Waals surface area contributed by atoms with Crippen molar-refractivity contribution in [2.75, 3.05) is 19.8 Å². The number of rotatable bonds is 3. The zero-order chi connectivity index (χ0) is 10.9. The summed E-state index contributed by atoms with van der Waals surface area (Å²) >= 11 is 0. The second kappa shape index (κ2) is 8.05. The minimum absolute atomic E-state index is 0.145. The third-order valence-corrected chi connectivity index (χ3v) is 2.85. The van der Waals surface area contributed by atoms with E-state index in [-0.39, 0.29) is 6.61 Å². The molecule has 1 fully saturated rings. The van der Waals surface area contributed by atoms with Crippen molar-refractivity contribution in [2.45, 2.75) is 44.6 Å². The monoisotopic (exact) mass is 218 g/mol. The van der Waals surface area contributed by atoms with Crippen molar-refractivity contribution in [3.05, 3.63) is 0 Å². The van der Waals surface area contributed by atoms with Gasteiger partial charge >= 0.3 is 0 Å². The molecule has 1 rings (SSSR count). The molecule has 2 N–H and O–H groups in total. The quantitative estimate of drug-likeness (QED) is 0.700. The van der Waals surface area contributed by atoms with Crippen molar-refractivity contribution < 1.29 is 20.0 Å². The highest BCUT2D eigenvalue weighted by Gasteiger charge is 2.14. The summed E-state index contributed by atoms with van der Waals surface area (Å²) in [6, 6.07) is 0. The minimum Gasteiger partial charge on any atom is -0.394 e. The zero-order valence-electron chi connectivity index (χ0n) is 9.23. The van der Waals surface area contributed by atoms with Crippen LogP contribution in [0.15, 0.2) is 0 Å². The predicted octanol–water partition coefficient (Wildman–Crippen LogP) is 1.26. The molecule has 4 nitrogen and oxygen atoms in total. The molecule has 0 amide bonds. The molecule has 1 saturated heterocycles. The van der Waals surface area contributed by atoms with Crippen LogP contribution in [0, 0.1) is 5.92 Å². The Balaban J connectivity index is 2.25. The fourth-order valence-corrected chi connectivity index (χ4v) is 1.94. The van der Waals surface area contributed by atoms with Gasteiger partial charge in [0.1, 0.15) is 0 Å². The van der Waals surface area contributed by atoms with Crippen LogP contribution in [0.1, 0.15) is 38.5 Å². The van der Waals surface area contributed by atoms with Crippen LogP contribution in [0.5, 0.6) is 0 Å². The molecular weight excluding hydrogens is 196 g/mol. The first-order chi connectivity index (χ1) is 7.33. The van der Waals surface area contributed by atoms with Crippen molar-refractivity contribution in [3.63, 3.8) is 0 Å². The highest BCUT2D eigenvalue weighted by molar-refractivity contribution is 4.65. The maximum Gasteiger partial charge on any atom is 0.0825 e. The fraction of sp³-hybridized carbons (Fsp3) is 1.00. The van der Waals surface area contributed by atoms with E-state index < -0.39 is 6.10 Å². The molecule has 0 aromatic rings. The first-order valence-corrected chi connectivity index (χ1v) is 5.86. The summed E-state index contributed by atoms with van der Waals surface area (Å²) in [5.41, 5.74) is 0. The summed E-state index contributed by atoms with van der Waals surface area (Å²) in [6.07, 6.45) is 5.45. The Morgan fingerprint density at radius 2 is 1.87 bits per heavy atom. The van der Waals surface area contributed by atoms with Gasteiger partial charge in [-0.05, 0) is 25.2 Å². The molecule has 0 aliphatic carbocycles. The van der Waals surface area contributed by atoms with Crippen molar-refractivity contribution in [1.82, 2.24) is 0 Å². The van der Waals surface area contributed by atoms with Crippen molar-refractivity contribution in [2.24, 2.45) is 5.92 Å². The molecule has 0 aromatic heterocycles. The van der Waals surface area contributed by atoms with Crippen molar-refractivity contribution in [3.8, 4) is 0 Å². The molecule has 1 heterocycles. The first-order valence-electron chi connectivity index (χ1n) is 5.86. The average Bonchev–Trinajstić information content (AvgIpc) is 2.27. The summed E-state index contributed by atoms with van der Waals surface area (Å²) < 4.78 is 0. The number of hydrogen-bond donors (Lipinski definition) is 2. The van der Waals surface area contributed by atoms with E-state index >= 15 is 0 Å². The van der Waals surface area contributed by atoms with Crippen LogP contribution in [0.25, 0.3) is 0 Å². The molecule has 1 aliphatic rings. The van der Waals surface area contributed by atoms with Crippen LogP contribution >= 0.6 is 0 Å². The highest BCUT2D eigenvalue weighted by Crippen LogP contribution is 2.20. The smallest absolute Gasteiger partial charge is 0.0825 e. The SMILES string of the molecule is OCC(O)CC1CCCCCOOCC1. The molecule has 2 atom stereocenters. The van der Waals surface area contributed by atoms with Crippen LogP contribution in [-0.4, -0.2) is 36.1 Å². The van der Waals surface area contributed by atoms with Gasteiger partial charge in [-0.3, -0.25) is 0 Å². The van der Waals surface area contributed by atoms with E-state index in [0.29, 0.717) is 25.6 Å². The van der Waals surface area contributed by atoms with Gasteiger partial charge in [0, 0.05) is 0 Å². The van der Waals surface area contributed by atoms with Crippen LogP contribution in [0.3, 0.4) is 0 Å². The Bertz CT molecular complexity index is 142. The topological polar surface area (TPSA) is 58.9 Å². The van der Waals surface area contributed by atoms with Crippen molar-refractivity contribution in [1.29, 1.82) is 0 Å². The largest absolute Gasteiger partial charge is 0.394 e. The molecular formula is C11H22O4. The van der Waals surface area contributed by atoms with Gasteiger partial charge in [0.05, 0.1) is 25.9 Å². The minimum atomic E-state index is -0.584. The lowest BCUT2D eigenvalue weighted by atomic mass is 9.92. The standard InChI is InChI=1S/C11H22O4/c12-9-11(13)8-10-4-2-1-3-6-14-15-7-5-10/h10-13H,1-9H2. The number of hydrogen-bond acceptors (Lipinski definition) is 4. The van der Waals surface area contributed by atoms with Gasteiger partial charge < -0.3 is 10.2 Å². The number of aliphatic hydroxyl groups excluding tert-OH is 2. The van der Waals surface area contributed by atoms with Gasteiger partial charge in [0.25, 0.3) is 0 Å². The summed E-state index contributed by atoms with van der Waals surface area (Å²) in [6.45, 7) is 1.13. The molecule has 0 bridgehead atoms. The number of aliphatic hydroxyl groups is 2. The predicted molar refractivity (Wildman–Crippen MR) is 56.2 cm³/mol. The maximum absolute atomic E-state index is 9.38. The Morgan fingerprint density at radius 3 is 2.67 bits per heavy atom. The molecule has 0 saturated carbocycles. The van der Waals surface area contributed by atoms with Gasteiger partial charge in [0.15, 0.2) is 0 Å². The molecule has 15 heavy (non-hydrogen) atoms. The average molecular weight is 218 g/mol. The lowest BCUT2D eigenvalue weighted by Crippen LogP contribution is -2.19. The van der Waals surface area contributed by atoms with Crippen LogP contribution in [0.2, 0.25) is 0 Å². The second-order valence-corrected chi connectivity index (χ2v) is 4.22. The fourth-order valence-electron chi connectivity index (χ4n) is 1.94. The molecule has 4 heteroatoms. The third kappa shape index (κ3) is 6.10. The Labute approximate surface area is 91.1 Å². The van der Waals surface area contributed by atoms with E-state index in [1.165, 1.54) is 6.42 Å². The van der Waals surface area contributed by atoms with E-state index in [1.54, 1.807) is 0 Å². The molecule has 0 aromatic carbocycles. The molecule has 90 valence electrons. The van der Waals surface area contributed by atoms with Crippen molar-refractivity contribution >= 4 is 0 Å². The summed E-state index contributed by atoms with van der Waals surface area (Å²) in [4.78, 5) is 9.99. The summed E-state index contributed by atoms with van der Waals surface area (Å²) in [5, 5.41) is 18.2. The molecule has 1 aliphatic heterocycles. The third-order valence-electron chi connectivity index (χ3n) is 2.85. The van der Waals surface area contributed by atoms with E-state index in [2.05, 4.69) is 0 Å². The first kappa shape index (κ1) is 12.9. The zero-order valence-corrected chi connectivity index (χ0v) is 9.23. The van der Waals surface area contributed by atoms with E-state index in [0.717, 1.165) is 25.7 Å².